The molecule has 1 amide bonds. The van der Waals surface area contributed by atoms with Crippen LogP contribution in [0.4, 0.5) is 18.0 Å². The van der Waals surface area contributed by atoms with E-state index < -0.39 is 23.8 Å². The molecule has 0 N–H and O–H groups in total. The molecule has 1 saturated heterocycles. The number of amides is 1. The molecule has 7 nitrogen and oxygen atoms in total. The third-order valence-corrected chi connectivity index (χ3v) is 6.43. The summed E-state index contributed by atoms with van der Waals surface area (Å²) in [6.07, 6.45) is -3.40. The lowest BCUT2D eigenvalue weighted by molar-refractivity contribution is -0.182. The summed E-state index contributed by atoms with van der Waals surface area (Å²) in [5, 5.41) is 4.73. The van der Waals surface area contributed by atoms with Crippen LogP contribution < -0.4 is 0 Å². The SMILES string of the molecule is COC(=O)N1CCOC(C)(c2cc(C)nc3cc([C@H]4CC[C@H](C(F)(F)F)CC4)nn23)C1. The number of fused-ring (bicyclic) bond motifs is 1. The predicted octanol–water partition coefficient (Wildman–Crippen LogP) is 4.19. The normalized spacial score (nSPS) is 27.5. The van der Waals surface area contributed by atoms with Crippen LogP contribution in [-0.4, -0.2) is 58.6 Å². The highest BCUT2D eigenvalue weighted by molar-refractivity contribution is 5.67. The number of rotatable bonds is 2. The third kappa shape index (κ3) is 4.22. The average Bonchev–Trinajstić information content (AvgIpc) is 3.15. The summed E-state index contributed by atoms with van der Waals surface area (Å²) in [6, 6.07) is 3.74. The summed E-state index contributed by atoms with van der Waals surface area (Å²) in [4.78, 5) is 18.2. The largest absolute Gasteiger partial charge is 0.453 e. The second-order valence-corrected chi connectivity index (χ2v) is 8.68. The first kappa shape index (κ1) is 21.9. The van der Waals surface area contributed by atoms with Gasteiger partial charge in [-0.3, -0.25) is 0 Å². The van der Waals surface area contributed by atoms with Crippen LogP contribution in [0.1, 0.15) is 55.6 Å². The smallest absolute Gasteiger partial charge is 0.409 e. The molecule has 1 aliphatic heterocycles. The minimum absolute atomic E-state index is 0.0277. The number of nitrogens with zero attached hydrogens (tertiary/aromatic N) is 4. The molecule has 31 heavy (non-hydrogen) atoms. The molecule has 0 spiro atoms. The van der Waals surface area contributed by atoms with Crippen molar-refractivity contribution in [2.75, 3.05) is 26.8 Å². The van der Waals surface area contributed by atoms with E-state index in [0.717, 1.165) is 17.1 Å². The van der Waals surface area contributed by atoms with E-state index >= 15 is 0 Å². The maximum Gasteiger partial charge on any atom is 0.409 e. The number of ether oxygens (including phenoxy) is 2. The zero-order valence-electron chi connectivity index (χ0n) is 17.9. The van der Waals surface area contributed by atoms with E-state index in [0.29, 0.717) is 38.2 Å². The minimum Gasteiger partial charge on any atom is -0.453 e. The van der Waals surface area contributed by atoms with Gasteiger partial charge in [-0.15, -0.1) is 0 Å². The van der Waals surface area contributed by atoms with Crippen LogP contribution in [0.25, 0.3) is 5.65 Å². The Bertz CT molecular complexity index is 969. The van der Waals surface area contributed by atoms with Crippen molar-refractivity contribution < 1.29 is 27.4 Å². The summed E-state index contributed by atoms with van der Waals surface area (Å²) in [5.41, 5.74) is 2.08. The van der Waals surface area contributed by atoms with Crippen LogP contribution in [-0.2, 0) is 15.1 Å². The minimum atomic E-state index is -4.13. The molecule has 0 bridgehead atoms. The van der Waals surface area contributed by atoms with Gasteiger partial charge in [0.2, 0.25) is 0 Å². The first-order valence-electron chi connectivity index (χ1n) is 10.5. The second kappa shape index (κ2) is 7.96. The van der Waals surface area contributed by atoms with Gasteiger partial charge in [0.05, 0.1) is 37.6 Å². The van der Waals surface area contributed by atoms with Crippen LogP contribution >= 0.6 is 0 Å². The van der Waals surface area contributed by atoms with Crippen LogP contribution in [0.3, 0.4) is 0 Å². The number of aromatic nitrogens is 3. The molecular formula is C21H27F3N4O3. The number of morpholine rings is 1. The molecule has 2 aromatic rings. The molecule has 1 aliphatic carbocycles. The van der Waals surface area contributed by atoms with Gasteiger partial charge in [-0.1, -0.05) is 0 Å². The van der Waals surface area contributed by atoms with E-state index in [1.54, 1.807) is 9.42 Å². The molecule has 0 aromatic carbocycles. The van der Waals surface area contributed by atoms with Gasteiger partial charge in [0, 0.05) is 24.2 Å². The van der Waals surface area contributed by atoms with Crippen LogP contribution in [0.2, 0.25) is 0 Å². The van der Waals surface area contributed by atoms with E-state index in [1.807, 2.05) is 26.0 Å². The molecule has 0 radical (unpaired) electrons. The second-order valence-electron chi connectivity index (χ2n) is 8.68. The zero-order valence-corrected chi connectivity index (χ0v) is 17.9. The molecule has 2 fully saturated rings. The Hall–Kier alpha value is -2.36. The Balaban J connectivity index is 1.64. The third-order valence-electron chi connectivity index (χ3n) is 6.43. The number of carbonyl (C=O) groups is 1. The van der Waals surface area contributed by atoms with Gasteiger partial charge < -0.3 is 14.4 Å². The fraction of sp³-hybridized carbons (Fsp3) is 0.667. The standard InChI is InChI=1S/C21H27F3N4O3/c1-13-10-17(20(2)12-27(8-9-31-20)19(29)30-3)28-18(25-13)11-16(26-28)14-4-6-15(7-5-14)21(22,23)24/h10-11,14-15H,4-9,12H2,1-3H3/t14-,15-,20?. The monoisotopic (exact) mass is 440 g/mol. The topological polar surface area (TPSA) is 69.0 Å². The molecule has 3 heterocycles. The maximum absolute atomic E-state index is 13.0. The molecule has 1 atom stereocenters. The first-order chi connectivity index (χ1) is 14.6. The summed E-state index contributed by atoms with van der Waals surface area (Å²) < 4.78 is 51.7. The number of halogens is 3. The number of hydrogen-bond donors (Lipinski definition) is 0. The van der Waals surface area contributed by atoms with Gasteiger partial charge in [0.15, 0.2) is 5.65 Å². The highest BCUT2D eigenvalue weighted by atomic mass is 19.4. The molecular weight excluding hydrogens is 413 g/mol. The Morgan fingerprint density at radius 1 is 1.26 bits per heavy atom. The van der Waals surface area contributed by atoms with Crippen LogP contribution in [0, 0.1) is 12.8 Å². The number of methoxy groups -OCH3 is 1. The molecule has 1 saturated carbocycles. The van der Waals surface area contributed by atoms with Crippen molar-refractivity contribution >= 4 is 11.7 Å². The predicted molar refractivity (Wildman–Crippen MR) is 106 cm³/mol. The molecule has 10 heteroatoms. The van der Waals surface area contributed by atoms with E-state index in [4.69, 9.17) is 14.6 Å². The lowest BCUT2D eigenvalue weighted by atomic mass is 9.80. The van der Waals surface area contributed by atoms with Crippen molar-refractivity contribution in [3.05, 3.63) is 29.2 Å². The number of carbonyl (C=O) groups excluding carboxylic acids is 1. The Morgan fingerprint density at radius 2 is 1.97 bits per heavy atom. The Morgan fingerprint density at radius 3 is 2.61 bits per heavy atom. The van der Waals surface area contributed by atoms with Gasteiger partial charge >= 0.3 is 12.3 Å². The quantitative estimate of drug-likeness (QED) is 0.701. The number of hydrogen-bond acceptors (Lipinski definition) is 5. The Labute approximate surface area is 178 Å². The van der Waals surface area contributed by atoms with Gasteiger partial charge in [0.25, 0.3) is 0 Å². The van der Waals surface area contributed by atoms with E-state index in [1.165, 1.54) is 7.11 Å². The highest BCUT2D eigenvalue weighted by Gasteiger charge is 2.42. The maximum atomic E-state index is 13.0. The van der Waals surface area contributed by atoms with Crippen molar-refractivity contribution in [1.82, 2.24) is 19.5 Å². The van der Waals surface area contributed by atoms with Crippen molar-refractivity contribution in [1.29, 1.82) is 0 Å². The Kier molecular flexibility index (Phi) is 5.61. The average molecular weight is 440 g/mol. The van der Waals surface area contributed by atoms with Gasteiger partial charge in [-0.2, -0.15) is 18.3 Å². The van der Waals surface area contributed by atoms with Crippen molar-refractivity contribution in [3.63, 3.8) is 0 Å². The van der Waals surface area contributed by atoms with Gasteiger partial charge in [-0.05, 0) is 45.6 Å². The van der Waals surface area contributed by atoms with Crippen LogP contribution in [0.5, 0.6) is 0 Å². The van der Waals surface area contributed by atoms with E-state index in [2.05, 4.69) is 4.98 Å². The lowest BCUT2D eigenvalue weighted by Crippen LogP contribution is -2.51. The summed E-state index contributed by atoms with van der Waals surface area (Å²) in [6.45, 7) is 4.84. The number of aryl methyl sites for hydroxylation is 1. The fourth-order valence-corrected chi connectivity index (χ4v) is 4.72. The highest BCUT2D eigenvalue weighted by Crippen LogP contribution is 2.43. The van der Waals surface area contributed by atoms with Crippen molar-refractivity contribution in [2.45, 2.75) is 57.2 Å². The summed E-state index contributed by atoms with van der Waals surface area (Å²) in [7, 11) is 1.34. The fourth-order valence-electron chi connectivity index (χ4n) is 4.72. The molecule has 1 unspecified atom stereocenters. The number of alkyl halides is 3. The summed E-state index contributed by atoms with van der Waals surface area (Å²) in [5.74, 6) is -1.25. The van der Waals surface area contributed by atoms with Crippen molar-refractivity contribution in [2.24, 2.45) is 5.92 Å². The van der Waals surface area contributed by atoms with E-state index in [-0.39, 0.29) is 18.8 Å². The van der Waals surface area contributed by atoms with Crippen molar-refractivity contribution in [3.8, 4) is 0 Å². The van der Waals surface area contributed by atoms with Gasteiger partial charge in [-0.25, -0.2) is 14.3 Å². The molecule has 2 aromatic heterocycles. The summed E-state index contributed by atoms with van der Waals surface area (Å²) >= 11 is 0. The van der Waals surface area contributed by atoms with Crippen LogP contribution in [0.15, 0.2) is 12.1 Å². The molecule has 2 aliphatic rings. The molecule has 170 valence electrons. The van der Waals surface area contributed by atoms with Gasteiger partial charge in [0.1, 0.15) is 5.60 Å². The zero-order chi connectivity index (χ0) is 22.4. The molecule has 4 rings (SSSR count). The van der Waals surface area contributed by atoms with E-state index in [9.17, 15) is 18.0 Å². The first-order valence-corrected chi connectivity index (χ1v) is 10.5. The lowest BCUT2D eigenvalue weighted by Gasteiger charge is -2.39.